The molecule has 0 aliphatic carbocycles. The van der Waals surface area contributed by atoms with Crippen LogP contribution in [0.25, 0.3) is 0 Å². The summed E-state index contributed by atoms with van der Waals surface area (Å²) in [4.78, 5) is 0. The molecule has 0 atom stereocenters. The second-order valence-corrected chi connectivity index (χ2v) is 3.57. The zero-order valence-corrected chi connectivity index (χ0v) is 9.15. The summed E-state index contributed by atoms with van der Waals surface area (Å²) in [5.41, 5.74) is 0. The van der Waals surface area contributed by atoms with Crippen molar-refractivity contribution < 1.29 is 4.43 Å². The Balaban J connectivity index is 0. The molecule has 0 aliphatic heterocycles. The molecule has 0 amide bonds. The molecule has 0 aliphatic rings. The first-order valence-electron chi connectivity index (χ1n) is 3.99. The third kappa shape index (κ3) is 24.2. The molecule has 0 spiro atoms. The van der Waals surface area contributed by atoms with Gasteiger partial charge >= 0.3 is 0 Å². The molecule has 2 nitrogen and oxygen atoms in total. The summed E-state index contributed by atoms with van der Waals surface area (Å²) >= 11 is 0. The lowest BCUT2D eigenvalue weighted by atomic mass is 10.6. The van der Waals surface area contributed by atoms with Crippen molar-refractivity contribution in [1.82, 2.24) is 5.32 Å². The van der Waals surface area contributed by atoms with Gasteiger partial charge in [-0.1, -0.05) is 13.3 Å². The number of hydrogen-bond acceptors (Lipinski definition) is 2. The van der Waals surface area contributed by atoms with Gasteiger partial charge in [0.15, 0.2) is 9.76 Å². The fourth-order valence-electron chi connectivity index (χ4n) is 0.391. The first-order chi connectivity index (χ1) is 4.83. The summed E-state index contributed by atoms with van der Waals surface area (Å²) < 4.78 is 5.21. The Bertz CT molecular complexity index is 40.6. The normalized spacial score (nSPS) is 9.60. The predicted octanol–water partition coefficient (Wildman–Crippen LogP) is 0.771. The molecule has 64 valence electrons. The van der Waals surface area contributed by atoms with Crippen molar-refractivity contribution in [3.63, 3.8) is 0 Å². The van der Waals surface area contributed by atoms with Gasteiger partial charge in [0.2, 0.25) is 0 Å². The highest BCUT2D eigenvalue weighted by Crippen LogP contribution is 1.84. The monoisotopic (exact) mass is 163 g/mol. The molecule has 0 saturated heterocycles. The molecule has 1 N–H and O–H groups in total. The van der Waals surface area contributed by atoms with Crippen LogP contribution in [-0.4, -0.2) is 30.5 Å². The Morgan fingerprint density at radius 3 is 2.10 bits per heavy atom. The van der Waals surface area contributed by atoms with Crippen molar-refractivity contribution in [1.29, 1.82) is 0 Å². The number of hydrogen-bond donors (Lipinski definition) is 1. The molecule has 0 heterocycles. The van der Waals surface area contributed by atoms with E-state index in [4.69, 9.17) is 4.43 Å². The molecule has 0 fully saturated rings. The van der Waals surface area contributed by atoms with Crippen LogP contribution in [0.15, 0.2) is 0 Å². The number of rotatable bonds is 4. The maximum atomic E-state index is 5.21. The molecule has 3 heteroatoms. The summed E-state index contributed by atoms with van der Waals surface area (Å²) in [6.07, 6.45) is 1.30. The van der Waals surface area contributed by atoms with Crippen LogP contribution in [0.4, 0.5) is 0 Å². The van der Waals surface area contributed by atoms with Gasteiger partial charge in [0.25, 0.3) is 0 Å². The Kier molecular flexibility index (Phi) is 20.5. The molecular weight excluding hydrogens is 142 g/mol. The molecular formula is C7H21NOSi. The lowest BCUT2D eigenvalue weighted by Gasteiger charge is -1.93. The largest absolute Gasteiger partial charge is 0.424 e. The van der Waals surface area contributed by atoms with Crippen molar-refractivity contribution in [2.75, 3.05) is 20.7 Å². The fraction of sp³-hybridized carbons (Fsp3) is 1.00. The van der Waals surface area contributed by atoms with Gasteiger partial charge in [-0.25, -0.2) is 0 Å². The highest BCUT2D eigenvalue weighted by molar-refractivity contribution is 6.26. The van der Waals surface area contributed by atoms with Crippen molar-refractivity contribution >= 4 is 9.76 Å². The van der Waals surface area contributed by atoms with E-state index in [2.05, 4.69) is 19.2 Å². The molecule has 0 rings (SSSR count). The van der Waals surface area contributed by atoms with E-state index in [9.17, 15) is 0 Å². The predicted molar refractivity (Wildman–Crippen MR) is 50.3 cm³/mol. The summed E-state index contributed by atoms with van der Waals surface area (Å²) in [5, 5.41) is 2.75. The van der Waals surface area contributed by atoms with Crippen LogP contribution >= 0.6 is 0 Å². The maximum absolute atomic E-state index is 5.21. The average molecular weight is 163 g/mol. The standard InChI is InChI=1S/C5H14OSi.C2H7N/c1-3-5-7-6-4-2;1-3-2/h3-5,7H2,1-2H3;3H,1-2H3. The second kappa shape index (κ2) is 16.1. The van der Waals surface area contributed by atoms with Crippen LogP contribution in [0, 0.1) is 0 Å². The van der Waals surface area contributed by atoms with E-state index in [0.29, 0.717) is 0 Å². The van der Waals surface area contributed by atoms with Crippen molar-refractivity contribution in [2.45, 2.75) is 26.3 Å². The zero-order valence-electron chi connectivity index (χ0n) is 7.74. The van der Waals surface area contributed by atoms with Crippen LogP contribution in [0.2, 0.25) is 6.04 Å². The van der Waals surface area contributed by atoms with E-state index in [1.54, 1.807) is 0 Å². The molecule has 0 aromatic rings. The Hall–Kier alpha value is 0.137. The lowest BCUT2D eigenvalue weighted by molar-refractivity contribution is 0.359. The van der Waals surface area contributed by atoms with Crippen LogP contribution in [0.3, 0.4) is 0 Å². The minimum absolute atomic E-state index is 0.0887. The van der Waals surface area contributed by atoms with E-state index in [1.807, 2.05) is 14.1 Å². The minimum atomic E-state index is -0.0887. The van der Waals surface area contributed by atoms with Gasteiger partial charge in [0, 0.05) is 6.61 Å². The molecule has 0 bridgehead atoms. The highest BCUT2D eigenvalue weighted by Gasteiger charge is 1.80. The molecule has 0 saturated carbocycles. The molecule has 0 aromatic heterocycles. The summed E-state index contributed by atoms with van der Waals surface area (Å²) in [6, 6.07) is 1.34. The van der Waals surface area contributed by atoms with Crippen LogP contribution < -0.4 is 5.32 Å². The van der Waals surface area contributed by atoms with Crippen LogP contribution in [0.1, 0.15) is 20.3 Å². The molecule has 0 radical (unpaired) electrons. The summed E-state index contributed by atoms with van der Waals surface area (Å²) in [5.74, 6) is 0. The Morgan fingerprint density at radius 1 is 1.30 bits per heavy atom. The van der Waals surface area contributed by atoms with Gasteiger partial charge in [-0.3, -0.25) is 0 Å². The summed E-state index contributed by atoms with van der Waals surface area (Å²) in [6.45, 7) is 5.18. The SMILES string of the molecule is CCC[SiH2]OCC.CNC. The number of nitrogens with one attached hydrogen (secondary N) is 1. The summed E-state index contributed by atoms with van der Waals surface area (Å²) in [7, 11) is 3.66. The van der Waals surface area contributed by atoms with Crippen molar-refractivity contribution in [3.05, 3.63) is 0 Å². The van der Waals surface area contributed by atoms with E-state index in [-0.39, 0.29) is 9.76 Å². The highest BCUT2D eigenvalue weighted by atomic mass is 28.2. The first-order valence-corrected chi connectivity index (χ1v) is 5.57. The topological polar surface area (TPSA) is 21.3 Å². The van der Waals surface area contributed by atoms with Crippen molar-refractivity contribution in [2.24, 2.45) is 0 Å². The van der Waals surface area contributed by atoms with E-state index in [1.165, 1.54) is 12.5 Å². The Morgan fingerprint density at radius 2 is 1.80 bits per heavy atom. The van der Waals surface area contributed by atoms with Gasteiger partial charge in [-0.05, 0) is 27.1 Å². The third-order valence-corrected chi connectivity index (χ3v) is 2.54. The molecule has 0 unspecified atom stereocenters. The smallest absolute Gasteiger partial charge is 0.161 e. The van der Waals surface area contributed by atoms with E-state index >= 15 is 0 Å². The fourth-order valence-corrected chi connectivity index (χ4v) is 1.17. The third-order valence-electron chi connectivity index (χ3n) is 0.846. The van der Waals surface area contributed by atoms with E-state index in [0.717, 1.165) is 6.61 Å². The van der Waals surface area contributed by atoms with Crippen molar-refractivity contribution in [3.8, 4) is 0 Å². The zero-order chi connectivity index (χ0) is 8.24. The first kappa shape index (κ1) is 12.8. The van der Waals surface area contributed by atoms with Gasteiger partial charge in [0.05, 0.1) is 0 Å². The maximum Gasteiger partial charge on any atom is 0.161 e. The van der Waals surface area contributed by atoms with Crippen LogP contribution in [0.5, 0.6) is 0 Å². The average Bonchev–Trinajstić information content (AvgIpc) is 1.91. The van der Waals surface area contributed by atoms with Crippen LogP contribution in [-0.2, 0) is 4.43 Å². The van der Waals surface area contributed by atoms with Gasteiger partial charge in [-0.2, -0.15) is 0 Å². The second-order valence-electron chi connectivity index (χ2n) is 2.05. The van der Waals surface area contributed by atoms with E-state index < -0.39 is 0 Å². The molecule has 10 heavy (non-hydrogen) atoms. The quantitative estimate of drug-likeness (QED) is 0.488. The Labute approximate surface area is 67.3 Å². The van der Waals surface area contributed by atoms with Gasteiger partial charge in [0.1, 0.15) is 0 Å². The van der Waals surface area contributed by atoms with Gasteiger partial charge < -0.3 is 9.74 Å². The minimum Gasteiger partial charge on any atom is -0.424 e. The molecule has 0 aromatic carbocycles. The van der Waals surface area contributed by atoms with Gasteiger partial charge in [-0.15, -0.1) is 0 Å². The lowest BCUT2D eigenvalue weighted by Crippen LogP contribution is -1.95.